The van der Waals surface area contributed by atoms with Crippen molar-refractivity contribution in [2.75, 3.05) is 14.2 Å². The number of para-hydroxylation sites is 1. The second kappa shape index (κ2) is 8.55. The number of methoxy groups -OCH3 is 1. The van der Waals surface area contributed by atoms with Gasteiger partial charge in [0, 0.05) is 25.7 Å². The van der Waals surface area contributed by atoms with Gasteiger partial charge in [0.1, 0.15) is 11.6 Å². The van der Waals surface area contributed by atoms with E-state index in [1.54, 1.807) is 13.2 Å². The summed E-state index contributed by atoms with van der Waals surface area (Å²) in [4.78, 5) is 3.98. The summed E-state index contributed by atoms with van der Waals surface area (Å²) in [6, 6.07) is 9.95. The lowest BCUT2D eigenvalue weighted by Gasteiger charge is -2.16. The zero-order valence-electron chi connectivity index (χ0n) is 14.3. The number of hydrogen-bond donors (Lipinski definition) is 2. The fourth-order valence-electron chi connectivity index (χ4n) is 2.39. The number of benzene rings is 2. The largest absolute Gasteiger partial charge is 0.496 e. The molecule has 0 aliphatic heterocycles. The van der Waals surface area contributed by atoms with Crippen LogP contribution in [0.2, 0.25) is 0 Å². The van der Waals surface area contributed by atoms with Crippen LogP contribution in [0.4, 0.5) is 17.6 Å². The summed E-state index contributed by atoms with van der Waals surface area (Å²) in [5.74, 6) is 0.0708. The van der Waals surface area contributed by atoms with Gasteiger partial charge in [0.15, 0.2) is 5.96 Å². The molecular weight excluding hydrogens is 350 g/mol. The van der Waals surface area contributed by atoms with E-state index in [9.17, 15) is 17.6 Å². The molecule has 2 N–H and O–H groups in total. The number of rotatable bonds is 5. The fourth-order valence-corrected chi connectivity index (χ4v) is 2.39. The van der Waals surface area contributed by atoms with E-state index in [0.717, 1.165) is 17.7 Å². The van der Waals surface area contributed by atoms with E-state index in [1.165, 1.54) is 7.05 Å². The van der Waals surface area contributed by atoms with Crippen LogP contribution in [0.25, 0.3) is 0 Å². The van der Waals surface area contributed by atoms with Gasteiger partial charge in [-0.05, 0) is 23.8 Å². The van der Waals surface area contributed by atoms with Crippen molar-refractivity contribution in [2.45, 2.75) is 19.3 Å². The highest BCUT2D eigenvalue weighted by Crippen LogP contribution is 2.32. The molecule has 0 radical (unpaired) electrons. The highest BCUT2D eigenvalue weighted by atomic mass is 19.4. The van der Waals surface area contributed by atoms with Crippen LogP contribution in [0, 0.1) is 5.82 Å². The first-order valence-electron chi connectivity index (χ1n) is 7.77. The van der Waals surface area contributed by atoms with E-state index in [-0.39, 0.29) is 12.1 Å². The molecule has 0 saturated heterocycles. The first-order valence-corrected chi connectivity index (χ1v) is 7.77. The number of halogens is 4. The molecule has 0 fully saturated rings. The van der Waals surface area contributed by atoms with Crippen LogP contribution < -0.4 is 15.4 Å². The molecule has 2 aromatic rings. The first-order chi connectivity index (χ1) is 12.3. The van der Waals surface area contributed by atoms with Crippen LogP contribution >= 0.6 is 0 Å². The predicted octanol–water partition coefficient (Wildman–Crippen LogP) is 3.72. The van der Waals surface area contributed by atoms with Gasteiger partial charge in [-0.2, -0.15) is 13.2 Å². The number of guanidine groups is 1. The van der Waals surface area contributed by atoms with Gasteiger partial charge < -0.3 is 15.4 Å². The molecule has 0 heterocycles. The van der Waals surface area contributed by atoms with Crippen molar-refractivity contribution in [3.63, 3.8) is 0 Å². The molecule has 26 heavy (non-hydrogen) atoms. The molecule has 2 aromatic carbocycles. The van der Waals surface area contributed by atoms with Gasteiger partial charge >= 0.3 is 6.18 Å². The monoisotopic (exact) mass is 369 g/mol. The molecule has 0 amide bonds. The SMILES string of the molecule is CN=C(NCc1ccccc1OC)NCc1ccc(F)cc1C(F)(F)F. The Morgan fingerprint density at radius 3 is 2.31 bits per heavy atom. The molecule has 0 spiro atoms. The van der Waals surface area contributed by atoms with Crippen molar-refractivity contribution >= 4 is 5.96 Å². The number of nitrogens with zero attached hydrogens (tertiary/aromatic N) is 1. The maximum atomic E-state index is 13.2. The average molecular weight is 369 g/mol. The number of alkyl halides is 3. The van der Waals surface area contributed by atoms with Crippen molar-refractivity contribution in [1.29, 1.82) is 0 Å². The van der Waals surface area contributed by atoms with Gasteiger partial charge in [-0.15, -0.1) is 0 Å². The second-order valence-corrected chi connectivity index (χ2v) is 5.39. The smallest absolute Gasteiger partial charge is 0.416 e. The third-order valence-electron chi connectivity index (χ3n) is 3.69. The lowest BCUT2D eigenvalue weighted by atomic mass is 10.1. The topological polar surface area (TPSA) is 45.7 Å². The maximum absolute atomic E-state index is 13.2. The van der Waals surface area contributed by atoms with E-state index < -0.39 is 17.6 Å². The number of aliphatic imine (C=N–C) groups is 1. The summed E-state index contributed by atoms with van der Waals surface area (Å²) in [5, 5.41) is 5.80. The standard InChI is InChI=1S/C18H19F4N3O/c1-23-17(25-11-13-5-3-4-6-16(13)26-2)24-10-12-7-8-14(19)9-15(12)18(20,21)22/h3-9H,10-11H2,1-2H3,(H2,23,24,25). The normalized spacial score (nSPS) is 12.0. The number of hydrogen-bond acceptors (Lipinski definition) is 2. The van der Waals surface area contributed by atoms with Crippen LogP contribution in [-0.4, -0.2) is 20.1 Å². The Morgan fingerprint density at radius 1 is 1.04 bits per heavy atom. The van der Waals surface area contributed by atoms with Crippen molar-refractivity contribution in [3.05, 3.63) is 65.0 Å². The molecule has 0 atom stereocenters. The molecule has 0 aliphatic rings. The van der Waals surface area contributed by atoms with E-state index in [1.807, 2.05) is 18.2 Å². The summed E-state index contributed by atoms with van der Waals surface area (Å²) in [6.45, 7) is 0.222. The Hall–Kier alpha value is -2.77. The first kappa shape index (κ1) is 19.6. The molecule has 4 nitrogen and oxygen atoms in total. The van der Waals surface area contributed by atoms with E-state index in [4.69, 9.17) is 4.74 Å². The Bertz CT molecular complexity index is 775. The highest BCUT2D eigenvalue weighted by Gasteiger charge is 2.33. The van der Waals surface area contributed by atoms with Crippen molar-refractivity contribution < 1.29 is 22.3 Å². The molecule has 0 saturated carbocycles. The molecule has 8 heteroatoms. The quantitative estimate of drug-likeness (QED) is 0.480. The van der Waals surface area contributed by atoms with Gasteiger partial charge in [-0.3, -0.25) is 4.99 Å². The summed E-state index contributed by atoms with van der Waals surface area (Å²) in [6.07, 6.45) is -4.63. The Labute approximate surface area is 148 Å². The Morgan fingerprint density at radius 2 is 1.69 bits per heavy atom. The third-order valence-corrected chi connectivity index (χ3v) is 3.69. The minimum atomic E-state index is -4.63. The lowest BCUT2D eigenvalue weighted by Crippen LogP contribution is -2.36. The van der Waals surface area contributed by atoms with Gasteiger partial charge in [-0.1, -0.05) is 24.3 Å². The van der Waals surface area contributed by atoms with Crippen LogP contribution in [-0.2, 0) is 19.3 Å². The van der Waals surface area contributed by atoms with Gasteiger partial charge in [-0.25, -0.2) is 4.39 Å². The molecule has 0 aromatic heterocycles. The van der Waals surface area contributed by atoms with E-state index in [0.29, 0.717) is 24.3 Å². The average Bonchev–Trinajstić information content (AvgIpc) is 2.62. The lowest BCUT2D eigenvalue weighted by molar-refractivity contribution is -0.138. The Kier molecular flexibility index (Phi) is 6.43. The summed E-state index contributed by atoms with van der Waals surface area (Å²) >= 11 is 0. The number of ether oxygens (including phenoxy) is 1. The third kappa shape index (κ3) is 5.11. The van der Waals surface area contributed by atoms with E-state index >= 15 is 0 Å². The molecule has 2 rings (SSSR count). The molecule has 140 valence electrons. The van der Waals surface area contributed by atoms with Crippen LogP contribution in [0.15, 0.2) is 47.5 Å². The zero-order chi connectivity index (χ0) is 19.2. The van der Waals surface area contributed by atoms with Crippen molar-refractivity contribution in [3.8, 4) is 5.75 Å². The fraction of sp³-hybridized carbons (Fsp3) is 0.278. The predicted molar refractivity (Wildman–Crippen MR) is 91.4 cm³/mol. The maximum Gasteiger partial charge on any atom is 0.416 e. The van der Waals surface area contributed by atoms with Crippen LogP contribution in [0.3, 0.4) is 0 Å². The van der Waals surface area contributed by atoms with Gasteiger partial charge in [0.25, 0.3) is 0 Å². The summed E-state index contributed by atoms with van der Waals surface area (Å²) in [7, 11) is 3.06. The molecule has 0 aliphatic carbocycles. The van der Waals surface area contributed by atoms with E-state index in [2.05, 4.69) is 15.6 Å². The minimum Gasteiger partial charge on any atom is -0.496 e. The highest BCUT2D eigenvalue weighted by molar-refractivity contribution is 5.79. The minimum absolute atomic E-state index is 0.0702. The summed E-state index contributed by atoms with van der Waals surface area (Å²) < 4.78 is 57.5. The summed E-state index contributed by atoms with van der Waals surface area (Å²) in [5.41, 5.74) is -0.208. The van der Waals surface area contributed by atoms with Gasteiger partial charge in [0.05, 0.1) is 12.7 Å². The van der Waals surface area contributed by atoms with Crippen LogP contribution in [0.1, 0.15) is 16.7 Å². The molecule has 0 unspecified atom stereocenters. The second-order valence-electron chi connectivity index (χ2n) is 5.39. The molecule has 0 bridgehead atoms. The zero-order valence-corrected chi connectivity index (χ0v) is 14.3. The van der Waals surface area contributed by atoms with Crippen molar-refractivity contribution in [1.82, 2.24) is 10.6 Å². The Balaban J connectivity index is 2.04. The molecular formula is C18H19F4N3O. The van der Waals surface area contributed by atoms with Crippen LogP contribution in [0.5, 0.6) is 5.75 Å². The number of nitrogens with one attached hydrogen (secondary N) is 2. The van der Waals surface area contributed by atoms with Crippen molar-refractivity contribution in [2.24, 2.45) is 4.99 Å². The van der Waals surface area contributed by atoms with Gasteiger partial charge in [0.2, 0.25) is 0 Å².